The first-order valence-electron chi connectivity index (χ1n) is 6.78. The predicted octanol–water partition coefficient (Wildman–Crippen LogP) is 2.00. The molecule has 0 fully saturated rings. The van der Waals surface area contributed by atoms with Gasteiger partial charge in [-0.1, -0.05) is 0 Å². The number of halogens is 1. The first-order valence-corrected chi connectivity index (χ1v) is 6.78. The molecule has 1 aromatic carbocycles. The van der Waals surface area contributed by atoms with Gasteiger partial charge in [-0.25, -0.2) is 4.39 Å². The third kappa shape index (κ3) is 3.13. The SMILES string of the molecule is CCn1ncc(NC(=O)c2ccc(F)cc2)c1C(=O)N(C)C. The van der Waals surface area contributed by atoms with Gasteiger partial charge in [-0.05, 0) is 31.2 Å². The zero-order valence-electron chi connectivity index (χ0n) is 12.6. The summed E-state index contributed by atoms with van der Waals surface area (Å²) in [6.07, 6.45) is 1.43. The zero-order valence-corrected chi connectivity index (χ0v) is 12.6. The zero-order chi connectivity index (χ0) is 16.3. The molecule has 6 nitrogen and oxygen atoms in total. The minimum atomic E-state index is -0.427. The summed E-state index contributed by atoms with van der Waals surface area (Å²) in [5.41, 5.74) is 0.937. The lowest BCUT2D eigenvalue weighted by atomic mass is 10.2. The molecule has 1 heterocycles. The van der Waals surface area contributed by atoms with Gasteiger partial charge in [0.05, 0.1) is 11.9 Å². The number of hydrogen-bond acceptors (Lipinski definition) is 3. The summed E-state index contributed by atoms with van der Waals surface area (Å²) in [7, 11) is 3.25. The van der Waals surface area contributed by atoms with Gasteiger partial charge in [-0.15, -0.1) is 0 Å². The molecule has 0 spiro atoms. The lowest BCUT2D eigenvalue weighted by molar-refractivity contribution is 0.0816. The van der Waals surface area contributed by atoms with Crippen molar-refractivity contribution in [2.45, 2.75) is 13.5 Å². The van der Waals surface area contributed by atoms with Crippen LogP contribution in [0, 0.1) is 5.82 Å². The highest BCUT2D eigenvalue weighted by atomic mass is 19.1. The molecule has 0 aliphatic rings. The lowest BCUT2D eigenvalue weighted by Gasteiger charge is -2.13. The van der Waals surface area contributed by atoms with Crippen molar-refractivity contribution in [2.24, 2.45) is 0 Å². The van der Waals surface area contributed by atoms with E-state index in [1.165, 1.54) is 40.0 Å². The third-order valence-electron chi connectivity index (χ3n) is 3.10. The Bertz CT molecular complexity index is 692. The van der Waals surface area contributed by atoms with Gasteiger partial charge in [0, 0.05) is 26.2 Å². The minimum absolute atomic E-state index is 0.256. The number of nitrogens with one attached hydrogen (secondary N) is 1. The van der Waals surface area contributed by atoms with Gasteiger partial charge in [-0.3, -0.25) is 14.3 Å². The molecule has 22 heavy (non-hydrogen) atoms. The molecule has 0 atom stereocenters. The predicted molar refractivity (Wildman–Crippen MR) is 80.3 cm³/mol. The molecule has 1 aromatic heterocycles. The Labute approximate surface area is 127 Å². The fourth-order valence-electron chi connectivity index (χ4n) is 1.95. The van der Waals surface area contributed by atoms with Crippen molar-refractivity contribution >= 4 is 17.5 Å². The number of amides is 2. The Morgan fingerprint density at radius 1 is 1.27 bits per heavy atom. The number of carbonyl (C=O) groups is 2. The smallest absolute Gasteiger partial charge is 0.273 e. The van der Waals surface area contributed by atoms with Crippen LogP contribution in [0.1, 0.15) is 27.8 Å². The molecule has 0 saturated heterocycles. The first-order chi connectivity index (χ1) is 10.4. The summed E-state index contributed by atoms with van der Waals surface area (Å²) in [5, 5.41) is 6.74. The molecule has 2 rings (SSSR count). The summed E-state index contributed by atoms with van der Waals surface area (Å²) in [6.45, 7) is 2.35. The van der Waals surface area contributed by atoms with Crippen molar-refractivity contribution in [1.29, 1.82) is 0 Å². The fourth-order valence-corrected chi connectivity index (χ4v) is 1.95. The van der Waals surface area contributed by atoms with Crippen molar-refractivity contribution in [1.82, 2.24) is 14.7 Å². The van der Waals surface area contributed by atoms with Gasteiger partial charge in [0.15, 0.2) is 0 Å². The highest BCUT2D eigenvalue weighted by Gasteiger charge is 2.21. The maximum absolute atomic E-state index is 12.9. The molecule has 0 aliphatic heterocycles. The van der Waals surface area contributed by atoms with Crippen molar-refractivity contribution in [3.05, 3.63) is 47.5 Å². The first kappa shape index (κ1) is 15.7. The fraction of sp³-hybridized carbons (Fsp3) is 0.267. The van der Waals surface area contributed by atoms with Crippen LogP contribution >= 0.6 is 0 Å². The van der Waals surface area contributed by atoms with E-state index in [0.29, 0.717) is 23.5 Å². The van der Waals surface area contributed by atoms with E-state index in [9.17, 15) is 14.0 Å². The summed E-state index contributed by atoms with van der Waals surface area (Å²) >= 11 is 0. The van der Waals surface area contributed by atoms with Crippen molar-refractivity contribution < 1.29 is 14.0 Å². The van der Waals surface area contributed by atoms with E-state index in [2.05, 4.69) is 10.4 Å². The molecule has 2 aromatic rings. The quantitative estimate of drug-likeness (QED) is 0.939. The van der Waals surface area contributed by atoms with Crippen LogP contribution in [0.3, 0.4) is 0 Å². The second kappa shape index (κ2) is 6.38. The molecule has 116 valence electrons. The number of carbonyl (C=O) groups excluding carboxylic acids is 2. The molecule has 0 bridgehead atoms. The molecule has 0 saturated carbocycles. The van der Waals surface area contributed by atoms with Crippen LogP contribution in [0.5, 0.6) is 0 Å². The van der Waals surface area contributed by atoms with Crippen LogP contribution < -0.4 is 5.32 Å². The second-order valence-corrected chi connectivity index (χ2v) is 4.88. The Balaban J connectivity index is 2.29. The van der Waals surface area contributed by atoms with Crippen LogP contribution in [0.2, 0.25) is 0 Å². The van der Waals surface area contributed by atoms with E-state index in [1.54, 1.807) is 14.1 Å². The Morgan fingerprint density at radius 3 is 2.45 bits per heavy atom. The minimum Gasteiger partial charge on any atom is -0.343 e. The van der Waals surface area contributed by atoms with Gasteiger partial charge < -0.3 is 10.2 Å². The summed E-state index contributed by atoms with van der Waals surface area (Å²) in [6, 6.07) is 5.16. The van der Waals surface area contributed by atoms with E-state index in [-0.39, 0.29) is 5.91 Å². The Kier molecular flexibility index (Phi) is 4.55. The van der Waals surface area contributed by atoms with Crippen molar-refractivity contribution in [3.63, 3.8) is 0 Å². The second-order valence-electron chi connectivity index (χ2n) is 4.88. The molecule has 0 radical (unpaired) electrons. The average molecular weight is 304 g/mol. The normalized spacial score (nSPS) is 10.4. The van der Waals surface area contributed by atoms with E-state index in [0.717, 1.165) is 0 Å². The maximum atomic E-state index is 12.9. The number of aromatic nitrogens is 2. The molecule has 2 amide bonds. The number of benzene rings is 1. The summed E-state index contributed by atoms with van der Waals surface area (Å²) in [5.74, 6) is -1.10. The summed E-state index contributed by atoms with van der Waals surface area (Å²) in [4.78, 5) is 25.8. The molecular formula is C15H17FN4O2. The lowest BCUT2D eigenvalue weighted by Crippen LogP contribution is -2.26. The molecule has 0 unspecified atom stereocenters. The third-order valence-corrected chi connectivity index (χ3v) is 3.10. The van der Waals surface area contributed by atoms with E-state index in [4.69, 9.17) is 0 Å². The maximum Gasteiger partial charge on any atom is 0.273 e. The van der Waals surface area contributed by atoms with Gasteiger partial charge in [0.1, 0.15) is 11.5 Å². The van der Waals surface area contributed by atoms with Crippen LogP contribution in [-0.2, 0) is 6.54 Å². The topological polar surface area (TPSA) is 67.2 Å². The van der Waals surface area contributed by atoms with Crippen LogP contribution in [0.25, 0.3) is 0 Å². The van der Waals surface area contributed by atoms with Crippen LogP contribution in [0.15, 0.2) is 30.5 Å². The molecule has 1 N–H and O–H groups in total. The highest BCUT2D eigenvalue weighted by Crippen LogP contribution is 2.18. The van der Waals surface area contributed by atoms with Crippen LogP contribution in [-0.4, -0.2) is 40.6 Å². The molecule has 7 heteroatoms. The van der Waals surface area contributed by atoms with E-state index < -0.39 is 11.7 Å². The number of hydrogen-bond donors (Lipinski definition) is 1. The van der Waals surface area contributed by atoms with Gasteiger partial charge in [-0.2, -0.15) is 5.10 Å². The Hall–Kier alpha value is -2.70. The van der Waals surface area contributed by atoms with Gasteiger partial charge >= 0.3 is 0 Å². The van der Waals surface area contributed by atoms with E-state index in [1.807, 2.05) is 6.92 Å². The van der Waals surface area contributed by atoms with E-state index >= 15 is 0 Å². The van der Waals surface area contributed by atoms with Crippen LogP contribution in [0.4, 0.5) is 10.1 Å². The molecular weight excluding hydrogens is 287 g/mol. The van der Waals surface area contributed by atoms with Gasteiger partial charge in [0.25, 0.3) is 11.8 Å². The monoisotopic (exact) mass is 304 g/mol. The van der Waals surface area contributed by atoms with Crippen molar-refractivity contribution in [2.75, 3.05) is 19.4 Å². The number of rotatable bonds is 4. The highest BCUT2D eigenvalue weighted by molar-refractivity contribution is 6.08. The number of anilines is 1. The number of nitrogens with zero attached hydrogens (tertiary/aromatic N) is 3. The largest absolute Gasteiger partial charge is 0.343 e. The molecule has 0 aliphatic carbocycles. The average Bonchev–Trinajstić information content (AvgIpc) is 2.89. The number of aryl methyl sites for hydroxylation is 1. The Morgan fingerprint density at radius 2 is 1.91 bits per heavy atom. The van der Waals surface area contributed by atoms with Crippen molar-refractivity contribution in [3.8, 4) is 0 Å². The standard InChI is InChI=1S/C15H17FN4O2/c1-4-20-13(15(22)19(2)3)12(9-17-20)18-14(21)10-5-7-11(16)8-6-10/h5-9H,4H2,1-3H3,(H,18,21). The van der Waals surface area contributed by atoms with Gasteiger partial charge in [0.2, 0.25) is 0 Å². The summed E-state index contributed by atoms with van der Waals surface area (Å²) < 4.78 is 14.4.